The van der Waals surface area contributed by atoms with Gasteiger partial charge in [-0.2, -0.15) is 0 Å². The lowest BCUT2D eigenvalue weighted by Gasteiger charge is -2.50. The first kappa shape index (κ1) is 81.0. The molecule has 23 heteroatoms. The number of carboxylic acid groups (broad SMARTS) is 1. The summed E-state index contributed by atoms with van der Waals surface area (Å²) in [6.07, 6.45) is 14.1. The molecule has 0 aliphatic carbocycles. The second kappa shape index (κ2) is 47.6. The molecule has 89 heavy (non-hydrogen) atoms. The van der Waals surface area contributed by atoms with Crippen LogP contribution in [0.15, 0.2) is 0 Å². The zero-order valence-electron chi connectivity index (χ0n) is 54.6. The third kappa shape index (κ3) is 30.3. The molecule has 0 saturated carbocycles. The van der Waals surface area contributed by atoms with Crippen LogP contribution in [-0.4, -0.2) is 215 Å². The van der Waals surface area contributed by atoms with E-state index in [1.807, 2.05) is 0 Å². The molecule has 3 aliphatic rings. The third-order valence-electron chi connectivity index (χ3n) is 18.1. The molecule has 3 fully saturated rings. The average molecular weight is 1280 g/mol. The average Bonchev–Trinajstić information content (AvgIpc) is 0.820. The van der Waals surface area contributed by atoms with Crippen molar-refractivity contribution >= 4 is 17.8 Å². The number of unbranched alkanes of at least 4 members (excludes halogenated alkanes) is 33. The lowest BCUT2D eigenvalue weighted by atomic mass is 9.88. The van der Waals surface area contributed by atoms with Gasteiger partial charge >= 0.3 is 5.97 Å². The van der Waals surface area contributed by atoms with E-state index in [4.69, 9.17) is 28.4 Å². The Kier molecular flexibility index (Phi) is 43.3. The van der Waals surface area contributed by atoms with Gasteiger partial charge in [0.25, 0.3) is 5.79 Å². The SMILES string of the molecule is CCCCCCCCCCCCCCCCCCCCCCCCCCC(O)C(COC1OC(CO)C(OC2OC(CO)C(O)C(OC3(C(=O)O)CC(O)C(NC(C)=O)C(C(O)C(O)CO)O3)C2O)C(O)C1O)NC(=O)CCCCCCCCCCCCC. The predicted octanol–water partition coefficient (Wildman–Crippen LogP) is 6.12. The van der Waals surface area contributed by atoms with Crippen molar-refractivity contribution in [3.63, 3.8) is 0 Å². The standard InChI is InChI=1S/C66H124N2O21/c1-4-6-8-10-12-14-16-17-18-19-20-21-22-23-24-25-26-27-28-30-31-33-35-37-39-48(73)47(68-53(76)40-38-36-34-32-29-15-13-11-9-7-5-2)45-84-63-58(80)57(79)60(52(44-71)86-63)87-64-59(81)62(56(78)51(43-70)85-64)89-66(65(82)83)41-49(74)54(67-46(3)72)61(88-66)55(77)50(75)42-69/h47-52,54-64,69-71,73-75,77-81H,4-45H2,1-3H3,(H,67,72)(H,68,76)(H,82,83). The van der Waals surface area contributed by atoms with E-state index >= 15 is 0 Å². The summed E-state index contributed by atoms with van der Waals surface area (Å²) in [7, 11) is 0. The Morgan fingerprint density at radius 2 is 0.978 bits per heavy atom. The fourth-order valence-corrected chi connectivity index (χ4v) is 12.5. The summed E-state index contributed by atoms with van der Waals surface area (Å²) in [4.78, 5) is 38.5. The summed E-state index contributed by atoms with van der Waals surface area (Å²) in [6.45, 7) is 2.20. The van der Waals surface area contributed by atoms with E-state index in [-0.39, 0.29) is 18.9 Å². The van der Waals surface area contributed by atoms with E-state index < -0.39 is 148 Å². The van der Waals surface area contributed by atoms with Crippen molar-refractivity contribution in [2.45, 2.75) is 375 Å². The highest BCUT2D eigenvalue weighted by molar-refractivity contribution is 5.77. The number of aliphatic carboxylic acids is 1. The molecular formula is C66H124N2O21. The fraction of sp³-hybridized carbons (Fsp3) is 0.955. The van der Waals surface area contributed by atoms with Crippen LogP contribution in [-0.2, 0) is 42.8 Å². The minimum atomic E-state index is -3.08. The number of amides is 2. The Balaban J connectivity index is 1.55. The summed E-state index contributed by atoms with van der Waals surface area (Å²) in [5, 5.41) is 136. The van der Waals surface area contributed by atoms with Crippen LogP contribution in [0.5, 0.6) is 0 Å². The molecule has 3 rings (SSSR count). The van der Waals surface area contributed by atoms with E-state index in [1.54, 1.807) is 0 Å². The molecule has 0 aromatic rings. The van der Waals surface area contributed by atoms with Gasteiger partial charge in [-0.05, 0) is 12.8 Å². The Labute approximate surface area is 531 Å². The summed E-state index contributed by atoms with van der Waals surface area (Å²) in [5.74, 6) is -6.09. The molecule has 18 unspecified atom stereocenters. The van der Waals surface area contributed by atoms with Gasteiger partial charge in [-0.15, -0.1) is 0 Å². The molecule has 0 bridgehead atoms. The molecule has 14 N–H and O–H groups in total. The number of aliphatic hydroxyl groups excluding tert-OH is 11. The maximum atomic E-state index is 13.4. The van der Waals surface area contributed by atoms with Crippen LogP contribution >= 0.6 is 0 Å². The molecule has 0 radical (unpaired) electrons. The number of carbonyl (C=O) groups is 3. The summed E-state index contributed by atoms with van der Waals surface area (Å²) in [6, 6.07) is -2.52. The van der Waals surface area contributed by atoms with Gasteiger partial charge in [-0.25, -0.2) is 4.79 Å². The molecule has 524 valence electrons. The Hall–Kier alpha value is -2.27. The minimum absolute atomic E-state index is 0.228. The van der Waals surface area contributed by atoms with Crippen LogP contribution < -0.4 is 10.6 Å². The number of aliphatic hydroxyl groups is 11. The lowest BCUT2D eigenvalue weighted by molar-refractivity contribution is -0.386. The van der Waals surface area contributed by atoms with Crippen LogP contribution in [0, 0.1) is 0 Å². The highest BCUT2D eigenvalue weighted by Gasteiger charge is 2.60. The van der Waals surface area contributed by atoms with E-state index in [1.165, 1.54) is 161 Å². The normalized spacial score (nSPS) is 28.7. The maximum absolute atomic E-state index is 13.4. The van der Waals surface area contributed by atoms with Gasteiger partial charge in [0, 0.05) is 19.8 Å². The molecule has 2 amide bonds. The second-order valence-corrected chi connectivity index (χ2v) is 25.8. The molecule has 3 aliphatic heterocycles. The van der Waals surface area contributed by atoms with Gasteiger partial charge < -0.3 is 100 Å². The third-order valence-corrected chi connectivity index (χ3v) is 18.1. The molecule has 23 nitrogen and oxygen atoms in total. The zero-order valence-corrected chi connectivity index (χ0v) is 54.6. The molecule has 18 atom stereocenters. The van der Waals surface area contributed by atoms with Gasteiger partial charge in [0.2, 0.25) is 11.8 Å². The zero-order chi connectivity index (χ0) is 65.4. The van der Waals surface area contributed by atoms with Crippen molar-refractivity contribution in [3.05, 3.63) is 0 Å². The van der Waals surface area contributed by atoms with Crippen LogP contribution in [0.25, 0.3) is 0 Å². The van der Waals surface area contributed by atoms with E-state index in [9.17, 15) is 75.7 Å². The van der Waals surface area contributed by atoms with Crippen LogP contribution in [0.4, 0.5) is 0 Å². The predicted molar refractivity (Wildman–Crippen MR) is 334 cm³/mol. The van der Waals surface area contributed by atoms with Crippen molar-refractivity contribution in [2.75, 3.05) is 26.4 Å². The highest BCUT2D eigenvalue weighted by Crippen LogP contribution is 2.39. The van der Waals surface area contributed by atoms with Gasteiger partial charge in [0.1, 0.15) is 67.1 Å². The van der Waals surface area contributed by atoms with Crippen LogP contribution in [0.2, 0.25) is 0 Å². The number of carbonyl (C=O) groups excluding carboxylic acids is 2. The number of carboxylic acids is 1. The fourth-order valence-electron chi connectivity index (χ4n) is 12.5. The number of rotatable bonds is 53. The van der Waals surface area contributed by atoms with Crippen molar-refractivity contribution in [3.8, 4) is 0 Å². The first-order valence-electron chi connectivity index (χ1n) is 34.9. The molecule has 0 aromatic carbocycles. The molecular weight excluding hydrogens is 1160 g/mol. The summed E-state index contributed by atoms with van der Waals surface area (Å²) >= 11 is 0. The Bertz CT molecular complexity index is 1810. The van der Waals surface area contributed by atoms with Gasteiger partial charge in [-0.1, -0.05) is 232 Å². The Morgan fingerprint density at radius 3 is 1.40 bits per heavy atom. The topological polar surface area (TPSA) is 373 Å². The van der Waals surface area contributed by atoms with E-state index in [0.717, 1.165) is 58.3 Å². The maximum Gasteiger partial charge on any atom is 0.364 e. The van der Waals surface area contributed by atoms with Gasteiger partial charge in [0.15, 0.2) is 12.6 Å². The molecule has 0 spiro atoms. The minimum Gasteiger partial charge on any atom is -0.477 e. The van der Waals surface area contributed by atoms with Crippen molar-refractivity contribution in [1.82, 2.24) is 10.6 Å². The number of nitrogens with one attached hydrogen (secondary N) is 2. The lowest BCUT2D eigenvalue weighted by Crippen LogP contribution is -2.70. The number of hydrogen-bond acceptors (Lipinski definition) is 20. The monoisotopic (exact) mass is 1280 g/mol. The first-order valence-corrected chi connectivity index (χ1v) is 34.9. The number of hydrogen-bond donors (Lipinski definition) is 14. The summed E-state index contributed by atoms with van der Waals surface area (Å²) in [5.41, 5.74) is 0. The highest BCUT2D eigenvalue weighted by atomic mass is 16.8. The smallest absolute Gasteiger partial charge is 0.364 e. The van der Waals surface area contributed by atoms with Crippen molar-refractivity contribution in [1.29, 1.82) is 0 Å². The van der Waals surface area contributed by atoms with E-state index in [0.29, 0.717) is 19.3 Å². The second-order valence-electron chi connectivity index (χ2n) is 25.8. The summed E-state index contributed by atoms with van der Waals surface area (Å²) < 4.78 is 34.8. The quantitative estimate of drug-likeness (QED) is 0.0305. The van der Waals surface area contributed by atoms with Gasteiger partial charge in [0.05, 0.1) is 50.7 Å². The van der Waals surface area contributed by atoms with Gasteiger partial charge in [-0.3, -0.25) is 9.59 Å². The van der Waals surface area contributed by atoms with Crippen LogP contribution in [0.3, 0.4) is 0 Å². The van der Waals surface area contributed by atoms with Crippen molar-refractivity contribution in [2.24, 2.45) is 0 Å². The Morgan fingerprint density at radius 1 is 0.539 bits per heavy atom. The molecule has 0 aromatic heterocycles. The first-order chi connectivity index (χ1) is 42.9. The van der Waals surface area contributed by atoms with Crippen LogP contribution in [0.1, 0.15) is 265 Å². The molecule has 3 heterocycles. The van der Waals surface area contributed by atoms with E-state index in [2.05, 4.69) is 24.5 Å². The van der Waals surface area contributed by atoms with Crippen molar-refractivity contribution < 1.29 is 104 Å². The molecule has 3 saturated heterocycles. The number of ether oxygens (including phenoxy) is 6. The largest absolute Gasteiger partial charge is 0.477 e.